The van der Waals surface area contributed by atoms with Gasteiger partial charge in [-0.25, -0.2) is 9.59 Å². The van der Waals surface area contributed by atoms with E-state index in [4.69, 9.17) is 15.9 Å². The van der Waals surface area contributed by atoms with Crippen LogP contribution in [0.2, 0.25) is 0 Å². The Bertz CT molecular complexity index is 434. The van der Waals surface area contributed by atoms with Crippen LogP contribution in [-0.2, 0) is 0 Å². The van der Waals surface area contributed by atoms with Crippen LogP contribution in [0.1, 0.15) is 10.4 Å². The summed E-state index contributed by atoms with van der Waals surface area (Å²) in [6, 6.07) is 3.09. The molecule has 0 aliphatic heterocycles. The monoisotopic (exact) mass is 239 g/mol. The summed E-state index contributed by atoms with van der Waals surface area (Å²) < 4.78 is 0. The van der Waals surface area contributed by atoms with Crippen LogP contribution in [0, 0.1) is 0 Å². The second-order valence-corrected chi connectivity index (χ2v) is 3.20. The van der Waals surface area contributed by atoms with Gasteiger partial charge in [-0.2, -0.15) is 0 Å². The molecule has 7 nitrogen and oxygen atoms in total. The minimum Gasteiger partial charge on any atom is -0.508 e. The summed E-state index contributed by atoms with van der Waals surface area (Å²) in [4.78, 5) is 22.2. The molecule has 0 unspecified atom stereocenters. The maximum Gasteiger partial charge on any atom is 0.337 e. The number of nitrogens with one attached hydrogen (secondary N) is 2. The third kappa shape index (κ3) is 3.65. The Morgan fingerprint density at radius 2 is 2.06 bits per heavy atom. The number of amides is 2. The third-order valence-electron chi connectivity index (χ3n) is 1.91. The van der Waals surface area contributed by atoms with Crippen molar-refractivity contribution in [1.29, 1.82) is 0 Å². The number of carbonyl (C=O) groups excluding carboxylic acids is 1. The van der Waals surface area contributed by atoms with Gasteiger partial charge in [-0.1, -0.05) is 0 Å². The predicted octanol–water partition coefficient (Wildman–Crippen LogP) is 0.171. The van der Waals surface area contributed by atoms with Gasteiger partial charge >= 0.3 is 12.0 Å². The van der Waals surface area contributed by atoms with Gasteiger partial charge < -0.3 is 26.6 Å². The number of aromatic hydroxyl groups is 1. The molecule has 0 saturated carbocycles. The van der Waals surface area contributed by atoms with E-state index < -0.39 is 12.0 Å². The van der Waals surface area contributed by atoms with Gasteiger partial charge in [0.15, 0.2) is 0 Å². The number of nitrogens with two attached hydrogens (primary N) is 1. The lowest BCUT2D eigenvalue weighted by atomic mass is 10.1. The maximum atomic E-state index is 11.3. The van der Waals surface area contributed by atoms with Gasteiger partial charge in [0.1, 0.15) is 5.75 Å². The number of benzene rings is 1. The molecule has 2 amide bonds. The summed E-state index contributed by atoms with van der Waals surface area (Å²) in [6.07, 6.45) is 0. The standard InChI is InChI=1S/C10H13N3O4/c11-3-4-12-10(17)13-8-2-1-6(14)5-7(8)9(15)16/h1-2,5,14H,3-4,11H2,(H,15,16)(H2,12,13,17). The summed E-state index contributed by atoms with van der Waals surface area (Å²) >= 11 is 0. The van der Waals surface area contributed by atoms with E-state index in [1.54, 1.807) is 0 Å². The molecule has 0 atom stereocenters. The zero-order valence-corrected chi connectivity index (χ0v) is 8.93. The van der Waals surface area contributed by atoms with Crippen LogP contribution in [0.3, 0.4) is 0 Å². The predicted molar refractivity (Wildman–Crippen MR) is 61.1 cm³/mol. The number of urea groups is 1. The van der Waals surface area contributed by atoms with Crippen molar-refractivity contribution in [1.82, 2.24) is 5.32 Å². The Kier molecular flexibility index (Phi) is 4.29. The molecule has 92 valence electrons. The van der Waals surface area contributed by atoms with Crippen molar-refractivity contribution in [3.63, 3.8) is 0 Å². The first-order valence-corrected chi connectivity index (χ1v) is 4.86. The van der Waals surface area contributed by atoms with Crippen LogP contribution < -0.4 is 16.4 Å². The molecule has 0 fully saturated rings. The van der Waals surface area contributed by atoms with Crippen molar-refractivity contribution < 1.29 is 19.8 Å². The molecule has 6 N–H and O–H groups in total. The number of phenolic OH excluding ortho intramolecular Hbond substituents is 1. The first kappa shape index (κ1) is 12.8. The van der Waals surface area contributed by atoms with Crippen molar-refractivity contribution in [2.24, 2.45) is 5.73 Å². The number of hydrogen-bond donors (Lipinski definition) is 5. The van der Waals surface area contributed by atoms with Crippen LogP contribution in [-0.4, -0.2) is 35.3 Å². The molecule has 0 heterocycles. The summed E-state index contributed by atoms with van der Waals surface area (Å²) in [5.74, 6) is -1.43. The number of aromatic carboxylic acids is 1. The molecule has 0 radical (unpaired) electrons. The Morgan fingerprint density at radius 1 is 1.35 bits per heavy atom. The topological polar surface area (TPSA) is 125 Å². The SMILES string of the molecule is NCCNC(=O)Nc1ccc(O)cc1C(=O)O. The van der Waals surface area contributed by atoms with Gasteiger partial charge in [-0.15, -0.1) is 0 Å². The molecule has 0 aliphatic rings. The van der Waals surface area contributed by atoms with Crippen LogP contribution in [0.25, 0.3) is 0 Å². The number of carboxylic acid groups (broad SMARTS) is 1. The van der Waals surface area contributed by atoms with E-state index in [0.29, 0.717) is 0 Å². The van der Waals surface area contributed by atoms with Gasteiger partial charge in [-0.05, 0) is 18.2 Å². The van der Waals surface area contributed by atoms with E-state index in [1.807, 2.05) is 0 Å². The minimum absolute atomic E-state index is 0.102. The van der Waals surface area contributed by atoms with Crippen LogP contribution in [0.5, 0.6) is 5.75 Å². The summed E-state index contributed by atoms with van der Waals surface area (Å²) in [6.45, 7) is 0.571. The average Bonchev–Trinajstić information content (AvgIpc) is 2.28. The molecule has 1 aromatic rings. The Labute approximate surface area is 97.2 Å². The van der Waals surface area contributed by atoms with Gasteiger partial charge in [0, 0.05) is 13.1 Å². The second-order valence-electron chi connectivity index (χ2n) is 3.20. The van der Waals surface area contributed by atoms with Crippen LogP contribution in [0.4, 0.5) is 10.5 Å². The van der Waals surface area contributed by atoms with E-state index in [9.17, 15) is 9.59 Å². The van der Waals surface area contributed by atoms with Gasteiger partial charge in [0.2, 0.25) is 0 Å². The number of hydrogen-bond acceptors (Lipinski definition) is 4. The highest BCUT2D eigenvalue weighted by Crippen LogP contribution is 2.21. The Balaban J connectivity index is 2.83. The minimum atomic E-state index is -1.24. The highest BCUT2D eigenvalue weighted by atomic mass is 16.4. The normalized spacial score (nSPS) is 9.71. The first-order chi connectivity index (χ1) is 8.04. The quantitative estimate of drug-likeness (QED) is 0.479. The largest absolute Gasteiger partial charge is 0.508 e. The number of rotatable bonds is 4. The van der Waals surface area contributed by atoms with Gasteiger partial charge in [0.25, 0.3) is 0 Å². The molecule has 1 rings (SSSR count). The number of anilines is 1. The number of carboxylic acids is 1. The summed E-state index contributed by atoms with van der Waals surface area (Å²) in [5, 5.41) is 22.8. The fourth-order valence-electron chi connectivity index (χ4n) is 1.17. The van der Waals surface area contributed by atoms with Crippen molar-refractivity contribution >= 4 is 17.7 Å². The molecular weight excluding hydrogens is 226 g/mol. The number of phenols is 1. The summed E-state index contributed by atoms with van der Waals surface area (Å²) in [7, 11) is 0. The smallest absolute Gasteiger partial charge is 0.337 e. The lowest BCUT2D eigenvalue weighted by Gasteiger charge is -2.09. The van der Waals surface area contributed by atoms with Gasteiger partial charge in [0.05, 0.1) is 11.3 Å². The average molecular weight is 239 g/mol. The fourth-order valence-corrected chi connectivity index (χ4v) is 1.17. The molecular formula is C10H13N3O4. The van der Waals surface area contributed by atoms with Crippen LogP contribution >= 0.6 is 0 Å². The summed E-state index contributed by atoms with van der Waals surface area (Å²) in [5.41, 5.74) is 5.11. The van der Waals surface area contributed by atoms with Crippen molar-refractivity contribution in [2.75, 3.05) is 18.4 Å². The van der Waals surface area contributed by atoms with Crippen molar-refractivity contribution in [3.8, 4) is 5.75 Å². The second kappa shape index (κ2) is 5.71. The maximum absolute atomic E-state index is 11.3. The van der Waals surface area contributed by atoms with E-state index in [2.05, 4.69) is 10.6 Å². The van der Waals surface area contributed by atoms with E-state index in [-0.39, 0.29) is 30.1 Å². The third-order valence-corrected chi connectivity index (χ3v) is 1.91. The Morgan fingerprint density at radius 3 is 2.65 bits per heavy atom. The highest BCUT2D eigenvalue weighted by molar-refractivity contribution is 6.00. The zero-order valence-electron chi connectivity index (χ0n) is 8.93. The molecule has 0 aliphatic carbocycles. The van der Waals surface area contributed by atoms with E-state index in [1.165, 1.54) is 12.1 Å². The molecule has 0 bridgehead atoms. The van der Waals surface area contributed by atoms with Crippen molar-refractivity contribution in [3.05, 3.63) is 23.8 Å². The van der Waals surface area contributed by atoms with Crippen molar-refractivity contribution in [2.45, 2.75) is 0 Å². The van der Waals surface area contributed by atoms with E-state index >= 15 is 0 Å². The van der Waals surface area contributed by atoms with Crippen LogP contribution in [0.15, 0.2) is 18.2 Å². The molecule has 7 heteroatoms. The number of carbonyl (C=O) groups is 2. The molecule has 0 saturated heterocycles. The lowest BCUT2D eigenvalue weighted by Crippen LogP contribution is -2.33. The fraction of sp³-hybridized carbons (Fsp3) is 0.200. The highest BCUT2D eigenvalue weighted by Gasteiger charge is 2.12. The molecule has 1 aromatic carbocycles. The molecule has 0 spiro atoms. The molecule has 17 heavy (non-hydrogen) atoms. The first-order valence-electron chi connectivity index (χ1n) is 4.86. The zero-order chi connectivity index (χ0) is 12.8. The lowest BCUT2D eigenvalue weighted by molar-refractivity contribution is 0.0697. The van der Waals surface area contributed by atoms with E-state index in [0.717, 1.165) is 6.07 Å². The Hall–Kier alpha value is -2.28. The van der Waals surface area contributed by atoms with Gasteiger partial charge in [-0.3, -0.25) is 0 Å². The molecule has 0 aromatic heterocycles.